The third-order valence-corrected chi connectivity index (χ3v) is 4.03. The van der Waals surface area contributed by atoms with Crippen molar-refractivity contribution < 1.29 is 9.90 Å². The molecule has 110 valence electrons. The fraction of sp³-hybridized carbons (Fsp3) is 0.562. The van der Waals surface area contributed by atoms with Crippen LogP contribution in [0.25, 0.3) is 0 Å². The Morgan fingerprint density at radius 3 is 2.20 bits per heavy atom. The smallest absolute Gasteiger partial charge is 0.335 e. The highest BCUT2D eigenvalue weighted by molar-refractivity contribution is 5.89. The van der Waals surface area contributed by atoms with Crippen LogP contribution in [0.3, 0.4) is 0 Å². The molecule has 0 spiro atoms. The highest BCUT2D eigenvalue weighted by Crippen LogP contribution is 2.23. The first-order chi connectivity index (χ1) is 9.29. The molecule has 0 radical (unpaired) electrons. The standard InChI is InChI=1S/C16H24N2O2/c1-12-11-13(5-6-14(12)15(19)20)17-7-9-18(10-8-17)16(2,3)4/h5-6,11H,7-10H2,1-4H3,(H,19,20). The normalized spacial score (nSPS) is 17.3. The summed E-state index contributed by atoms with van der Waals surface area (Å²) in [5, 5.41) is 9.07. The number of hydrogen-bond donors (Lipinski definition) is 1. The zero-order valence-electron chi connectivity index (χ0n) is 12.8. The molecule has 1 N–H and O–H groups in total. The van der Waals surface area contributed by atoms with Crippen molar-refractivity contribution in [1.29, 1.82) is 0 Å². The number of carbonyl (C=O) groups is 1. The van der Waals surface area contributed by atoms with Gasteiger partial charge in [0, 0.05) is 37.4 Å². The van der Waals surface area contributed by atoms with E-state index >= 15 is 0 Å². The molecule has 1 aromatic rings. The molecule has 4 heteroatoms. The monoisotopic (exact) mass is 276 g/mol. The summed E-state index contributed by atoms with van der Waals surface area (Å²) in [6.45, 7) is 12.7. The van der Waals surface area contributed by atoms with Crippen molar-refractivity contribution in [2.24, 2.45) is 0 Å². The Balaban J connectivity index is 2.08. The number of benzene rings is 1. The SMILES string of the molecule is Cc1cc(N2CCN(C(C)(C)C)CC2)ccc1C(=O)O. The maximum Gasteiger partial charge on any atom is 0.335 e. The average Bonchev–Trinajstić information content (AvgIpc) is 2.37. The van der Waals surface area contributed by atoms with Gasteiger partial charge in [-0.15, -0.1) is 0 Å². The number of rotatable bonds is 2. The second-order valence-electron chi connectivity index (χ2n) is 6.45. The predicted octanol–water partition coefficient (Wildman–Crippen LogP) is 2.61. The number of aryl methyl sites for hydroxylation is 1. The van der Waals surface area contributed by atoms with Crippen LogP contribution in [0.15, 0.2) is 18.2 Å². The molecule has 0 atom stereocenters. The van der Waals surface area contributed by atoms with Crippen LogP contribution in [-0.2, 0) is 0 Å². The summed E-state index contributed by atoms with van der Waals surface area (Å²) in [7, 11) is 0. The van der Waals surface area contributed by atoms with Crippen molar-refractivity contribution in [3.63, 3.8) is 0 Å². The molecule has 1 saturated heterocycles. The Morgan fingerprint density at radius 1 is 1.15 bits per heavy atom. The molecule has 20 heavy (non-hydrogen) atoms. The number of nitrogens with zero attached hydrogens (tertiary/aromatic N) is 2. The minimum absolute atomic E-state index is 0.217. The van der Waals surface area contributed by atoms with Gasteiger partial charge in [-0.3, -0.25) is 4.90 Å². The summed E-state index contributed by atoms with van der Waals surface area (Å²) >= 11 is 0. The lowest BCUT2D eigenvalue weighted by atomic mass is 10.0. The number of piperazine rings is 1. The first kappa shape index (κ1) is 14.9. The number of anilines is 1. The molecular weight excluding hydrogens is 252 g/mol. The van der Waals surface area contributed by atoms with Crippen molar-refractivity contribution in [2.75, 3.05) is 31.1 Å². The highest BCUT2D eigenvalue weighted by atomic mass is 16.4. The van der Waals surface area contributed by atoms with Gasteiger partial charge in [-0.2, -0.15) is 0 Å². The molecule has 2 rings (SSSR count). The van der Waals surface area contributed by atoms with E-state index in [-0.39, 0.29) is 5.54 Å². The molecule has 1 aliphatic heterocycles. The van der Waals surface area contributed by atoms with Crippen LogP contribution in [0.5, 0.6) is 0 Å². The average molecular weight is 276 g/mol. The summed E-state index contributed by atoms with van der Waals surface area (Å²) in [5.41, 5.74) is 2.56. The van der Waals surface area contributed by atoms with Gasteiger partial charge >= 0.3 is 5.97 Å². The van der Waals surface area contributed by atoms with Crippen LogP contribution in [-0.4, -0.2) is 47.7 Å². The van der Waals surface area contributed by atoms with E-state index in [1.165, 1.54) is 0 Å². The van der Waals surface area contributed by atoms with E-state index < -0.39 is 5.97 Å². The molecule has 0 aromatic heterocycles. The molecule has 1 heterocycles. The van der Waals surface area contributed by atoms with Crippen molar-refractivity contribution in [3.8, 4) is 0 Å². The summed E-state index contributed by atoms with van der Waals surface area (Å²) < 4.78 is 0. The first-order valence-electron chi connectivity index (χ1n) is 7.13. The zero-order valence-corrected chi connectivity index (χ0v) is 12.8. The van der Waals surface area contributed by atoms with E-state index in [4.69, 9.17) is 5.11 Å². The molecule has 0 bridgehead atoms. The van der Waals surface area contributed by atoms with Crippen LogP contribution in [0.2, 0.25) is 0 Å². The molecule has 0 saturated carbocycles. The van der Waals surface area contributed by atoms with Gasteiger partial charge in [0.25, 0.3) is 0 Å². The Bertz CT molecular complexity index is 498. The van der Waals surface area contributed by atoms with Gasteiger partial charge in [0.05, 0.1) is 5.56 Å². The van der Waals surface area contributed by atoms with E-state index in [1.807, 2.05) is 19.1 Å². The van der Waals surface area contributed by atoms with Crippen LogP contribution in [0, 0.1) is 6.92 Å². The van der Waals surface area contributed by atoms with Crippen molar-refractivity contribution in [1.82, 2.24) is 4.90 Å². The molecule has 0 unspecified atom stereocenters. The molecule has 0 aliphatic carbocycles. The Morgan fingerprint density at radius 2 is 1.75 bits per heavy atom. The largest absolute Gasteiger partial charge is 0.478 e. The van der Waals surface area contributed by atoms with Gasteiger partial charge in [0.1, 0.15) is 0 Å². The van der Waals surface area contributed by atoms with Crippen LogP contribution in [0.4, 0.5) is 5.69 Å². The van der Waals surface area contributed by atoms with E-state index in [9.17, 15) is 4.79 Å². The topological polar surface area (TPSA) is 43.8 Å². The molecule has 1 aliphatic rings. The number of carboxylic acids is 1. The van der Waals surface area contributed by atoms with E-state index in [1.54, 1.807) is 6.07 Å². The highest BCUT2D eigenvalue weighted by Gasteiger charge is 2.26. The molecule has 1 fully saturated rings. The van der Waals surface area contributed by atoms with Gasteiger partial charge < -0.3 is 10.0 Å². The lowest BCUT2D eigenvalue weighted by molar-refractivity contribution is 0.0696. The maximum atomic E-state index is 11.0. The van der Waals surface area contributed by atoms with Crippen LogP contribution >= 0.6 is 0 Å². The Labute approximate surface area is 121 Å². The second-order valence-corrected chi connectivity index (χ2v) is 6.45. The Kier molecular flexibility index (Phi) is 4.04. The first-order valence-corrected chi connectivity index (χ1v) is 7.13. The molecule has 4 nitrogen and oxygen atoms in total. The van der Waals surface area contributed by atoms with Gasteiger partial charge in [0.15, 0.2) is 0 Å². The zero-order chi connectivity index (χ0) is 14.9. The maximum absolute atomic E-state index is 11.0. The fourth-order valence-corrected chi connectivity index (χ4v) is 2.72. The predicted molar refractivity (Wildman–Crippen MR) is 81.7 cm³/mol. The van der Waals surface area contributed by atoms with Crippen LogP contribution in [0.1, 0.15) is 36.7 Å². The van der Waals surface area contributed by atoms with Gasteiger partial charge in [-0.25, -0.2) is 4.79 Å². The van der Waals surface area contributed by atoms with Gasteiger partial charge in [-0.05, 0) is 51.5 Å². The van der Waals surface area contributed by atoms with Crippen molar-refractivity contribution >= 4 is 11.7 Å². The fourth-order valence-electron chi connectivity index (χ4n) is 2.72. The molecule has 1 aromatic carbocycles. The lowest BCUT2D eigenvalue weighted by Gasteiger charge is -2.43. The quantitative estimate of drug-likeness (QED) is 0.902. The van der Waals surface area contributed by atoms with Gasteiger partial charge in [0.2, 0.25) is 0 Å². The number of aromatic carboxylic acids is 1. The van der Waals surface area contributed by atoms with E-state index in [0.29, 0.717) is 5.56 Å². The third kappa shape index (κ3) is 3.12. The minimum atomic E-state index is -0.855. The van der Waals surface area contributed by atoms with E-state index in [2.05, 4.69) is 30.6 Å². The van der Waals surface area contributed by atoms with Gasteiger partial charge in [-0.1, -0.05) is 0 Å². The lowest BCUT2D eigenvalue weighted by Crippen LogP contribution is -2.53. The number of carboxylic acid groups (broad SMARTS) is 1. The summed E-state index contributed by atoms with van der Waals surface area (Å²) in [6, 6.07) is 5.61. The Hall–Kier alpha value is -1.55. The third-order valence-electron chi connectivity index (χ3n) is 4.03. The van der Waals surface area contributed by atoms with Crippen molar-refractivity contribution in [3.05, 3.63) is 29.3 Å². The van der Waals surface area contributed by atoms with Crippen molar-refractivity contribution in [2.45, 2.75) is 33.2 Å². The van der Waals surface area contributed by atoms with E-state index in [0.717, 1.165) is 37.4 Å². The summed E-state index contributed by atoms with van der Waals surface area (Å²) in [5.74, 6) is -0.855. The minimum Gasteiger partial charge on any atom is -0.478 e. The summed E-state index contributed by atoms with van der Waals surface area (Å²) in [6.07, 6.45) is 0. The summed E-state index contributed by atoms with van der Waals surface area (Å²) in [4.78, 5) is 15.9. The molecular formula is C16H24N2O2. The number of hydrogen-bond acceptors (Lipinski definition) is 3. The van der Waals surface area contributed by atoms with Crippen LogP contribution < -0.4 is 4.90 Å². The second kappa shape index (κ2) is 5.44. The molecule has 0 amide bonds.